The molecule has 0 atom stereocenters. The minimum absolute atomic E-state index is 0.163. The van der Waals surface area contributed by atoms with Crippen LogP contribution in [0.25, 0.3) is 0 Å². The van der Waals surface area contributed by atoms with Gasteiger partial charge in [-0.1, -0.05) is 18.6 Å². The van der Waals surface area contributed by atoms with Crippen molar-refractivity contribution >= 4 is 11.9 Å². The van der Waals surface area contributed by atoms with Crippen molar-refractivity contribution in [3.8, 4) is 0 Å². The van der Waals surface area contributed by atoms with E-state index in [0.717, 1.165) is 50.4 Å². The van der Waals surface area contributed by atoms with Gasteiger partial charge in [-0.25, -0.2) is 4.74 Å². The zero-order valence-corrected chi connectivity index (χ0v) is 12.5. The van der Waals surface area contributed by atoms with Crippen LogP contribution in [0.5, 0.6) is 0 Å². The Kier molecular flexibility index (Phi) is 4.76. The predicted molar refractivity (Wildman–Crippen MR) is 85.1 cm³/mol. The highest BCUT2D eigenvalue weighted by Gasteiger charge is 2.21. The molecule has 2 fully saturated rings. The molecule has 3 rings (SSSR count). The maximum absolute atomic E-state index is 12.4. The smallest absolute Gasteiger partial charge is 0.184 e. The van der Waals surface area contributed by atoms with E-state index < -0.39 is 0 Å². The summed E-state index contributed by atoms with van der Waals surface area (Å²) in [6.45, 7) is 3.32. The van der Waals surface area contributed by atoms with Crippen molar-refractivity contribution in [2.75, 3.05) is 31.2 Å². The number of para-hydroxylation sites is 1. The Bertz CT molecular complexity index is 489. The molecule has 1 aromatic rings. The van der Waals surface area contributed by atoms with Gasteiger partial charge in [-0.3, -0.25) is 0 Å². The van der Waals surface area contributed by atoms with Gasteiger partial charge < -0.3 is 14.8 Å². The Labute approximate surface area is 126 Å². The van der Waals surface area contributed by atoms with E-state index >= 15 is 0 Å². The molecule has 1 heterocycles. The summed E-state index contributed by atoms with van der Waals surface area (Å²) >= 11 is 0. The molecule has 1 saturated heterocycles. The van der Waals surface area contributed by atoms with Crippen LogP contribution in [-0.2, 0) is 4.74 Å². The molecule has 0 bridgehead atoms. The van der Waals surface area contributed by atoms with Crippen molar-refractivity contribution in [3.63, 3.8) is 0 Å². The van der Waals surface area contributed by atoms with Gasteiger partial charge in [0.15, 0.2) is 12.3 Å². The predicted octanol–water partition coefficient (Wildman–Crippen LogP) is 2.79. The number of ether oxygens (including phenoxy) is 1. The molecular formula is C17H24N2O2. The van der Waals surface area contributed by atoms with E-state index in [-0.39, 0.29) is 6.04 Å². The van der Waals surface area contributed by atoms with Gasteiger partial charge in [-0.05, 0) is 25.0 Å². The molecule has 0 unspecified atom stereocenters. The summed E-state index contributed by atoms with van der Waals surface area (Å²) in [5, 5.41) is 12.4. The molecule has 1 aliphatic carbocycles. The number of rotatable bonds is 3. The summed E-state index contributed by atoms with van der Waals surface area (Å²) in [6, 6.07) is 8.35. The van der Waals surface area contributed by atoms with Crippen LogP contribution in [0.15, 0.2) is 24.3 Å². The molecule has 2 aliphatic rings. The van der Waals surface area contributed by atoms with Crippen LogP contribution in [0.4, 0.5) is 5.69 Å². The fraction of sp³-hybridized carbons (Fsp3) is 0.588. The van der Waals surface area contributed by atoms with E-state index in [4.69, 9.17) is 4.74 Å². The third kappa shape index (κ3) is 3.56. The van der Waals surface area contributed by atoms with Gasteiger partial charge in [0.25, 0.3) is 0 Å². The highest BCUT2D eigenvalue weighted by Crippen LogP contribution is 2.22. The van der Waals surface area contributed by atoms with E-state index in [1.807, 2.05) is 18.2 Å². The van der Waals surface area contributed by atoms with Crippen LogP contribution in [0.3, 0.4) is 0 Å². The van der Waals surface area contributed by atoms with E-state index in [2.05, 4.69) is 11.0 Å². The largest absolute Gasteiger partial charge is 0.624 e. The number of nitrogens with zero attached hydrogens (tertiary/aromatic N) is 2. The van der Waals surface area contributed by atoms with Crippen molar-refractivity contribution in [2.24, 2.45) is 0 Å². The van der Waals surface area contributed by atoms with Crippen molar-refractivity contribution in [3.05, 3.63) is 35.0 Å². The monoisotopic (exact) mass is 288 g/mol. The molecule has 0 N–H and O–H groups in total. The summed E-state index contributed by atoms with van der Waals surface area (Å²) in [6.07, 6.45) is 7.49. The summed E-state index contributed by atoms with van der Waals surface area (Å²) in [5.41, 5.74) is 2.18. The molecule has 4 heteroatoms. The fourth-order valence-corrected chi connectivity index (χ4v) is 3.27. The number of hydrogen-bond acceptors (Lipinski definition) is 3. The quantitative estimate of drug-likeness (QED) is 0.371. The van der Waals surface area contributed by atoms with Crippen LogP contribution in [0, 0.1) is 5.21 Å². The maximum Gasteiger partial charge on any atom is 0.184 e. The summed E-state index contributed by atoms with van der Waals surface area (Å²) in [5.74, 6) is 0. The highest BCUT2D eigenvalue weighted by atomic mass is 16.5. The molecular weight excluding hydrogens is 264 g/mol. The second-order valence-electron chi connectivity index (χ2n) is 5.94. The molecule has 0 spiro atoms. The highest BCUT2D eigenvalue weighted by molar-refractivity contribution is 5.85. The van der Waals surface area contributed by atoms with Crippen molar-refractivity contribution in [1.29, 1.82) is 0 Å². The fourth-order valence-electron chi connectivity index (χ4n) is 3.27. The maximum atomic E-state index is 12.4. The third-order valence-electron chi connectivity index (χ3n) is 4.49. The molecule has 0 radical (unpaired) electrons. The van der Waals surface area contributed by atoms with Crippen LogP contribution in [-0.4, -0.2) is 43.3 Å². The normalized spacial score (nSPS) is 21.5. The van der Waals surface area contributed by atoms with Crippen LogP contribution in [0.1, 0.15) is 37.7 Å². The Balaban J connectivity index is 1.80. The van der Waals surface area contributed by atoms with Crippen molar-refractivity contribution in [2.45, 2.75) is 38.1 Å². The molecule has 1 aliphatic heterocycles. The second kappa shape index (κ2) is 6.94. The number of benzene rings is 1. The van der Waals surface area contributed by atoms with Gasteiger partial charge in [-0.2, -0.15) is 0 Å². The average molecular weight is 288 g/mol. The first-order chi connectivity index (χ1) is 10.3. The zero-order chi connectivity index (χ0) is 14.5. The lowest BCUT2D eigenvalue weighted by Gasteiger charge is -2.30. The van der Waals surface area contributed by atoms with Crippen LogP contribution < -0.4 is 4.90 Å². The first-order valence-corrected chi connectivity index (χ1v) is 8.06. The van der Waals surface area contributed by atoms with Gasteiger partial charge in [0.2, 0.25) is 0 Å². The first-order valence-electron chi connectivity index (χ1n) is 8.06. The zero-order valence-electron chi connectivity index (χ0n) is 12.5. The SMILES string of the molecule is [O-]/[N+](=C\c1ccccc1N1CCOCC1)C1CCCCC1. The summed E-state index contributed by atoms with van der Waals surface area (Å²) in [7, 11) is 0. The number of morpholine rings is 1. The van der Waals surface area contributed by atoms with E-state index in [0.29, 0.717) is 0 Å². The molecule has 21 heavy (non-hydrogen) atoms. The number of hydroxylamine groups is 1. The Morgan fingerprint density at radius 2 is 1.81 bits per heavy atom. The Hall–Kier alpha value is -1.55. The minimum Gasteiger partial charge on any atom is -0.624 e. The lowest BCUT2D eigenvalue weighted by Crippen LogP contribution is -2.37. The molecule has 4 nitrogen and oxygen atoms in total. The number of anilines is 1. The van der Waals surface area contributed by atoms with Gasteiger partial charge in [0.1, 0.15) is 0 Å². The summed E-state index contributed by atoms with van der Waals surface area (Å²) in [4.78, 5) is 2.31. The lowest BCUT2D eigenvalue weighted by atomic mass is 9.96. The van der Waals surface area contributed by atoms with Crippen molar-refractivity contribution < 1.29 is 9.48 Å². The van der Waals surface area contributed by atoms with Crippen molar-refractivity contribution in [1.82, 2.24) is 0 Å². The molecule has 1 aromatic carbocycles. The van der Waals surface area contributed by atoms with Gasteiger partial charge >= 0.3 is 0 Å². The van der Waals surface area contributed by atoms with E-state index in [1.165, 1.54) is 24.0 Å². The average Bonchev–Trinajstić information content (AvgIpc) is 2.57. The van der Waals surface area contributed by atoms with Gasteiger partial charge in [0, 0.05) is 25.9 Å². The Morgan fingerprint density at radius 3 is 2.57 bits per heavy atom. The van der Waals surface area contributed by atoms with Crippen LogP contribution >= 0.6 is 0 Å². The molecule has 114 valence electrons. The lowest BCUT2D eigenvalue weighted by molar-refractivity contribution is -0.500. The minimum atomic E-state index is 0.163. The topological polar surface area (TPSA) is 38.5 Å². The second-order valence-corrected chi connectivity index (χ2v) is 5.94. The van der Waals surface area contributed by atoms with Crippen LogP contribution in [0.2, 0.25) is 0 Å². The summed E-state index contributed by atoms with van der Waals surface area (Å²) < 4.78 is 6.61. The molecule has 0 aromatic heterocycles. The van der Waals surface area contributed by atoms with Gasteiger partial charge in [-0.15, -0.1) is 0 Å². The molecule has 0 amide bonds. The number of hydrogen-bond donors (Lipinski definition) is 0. The molecule has 1 saturated carbocycles. The van der Waals surface area contributed by atoms with E-state index in [1.54, 1.807) is 6.21 Å². The standard InChI is InChI=1S/C17H24N2O2/c20-19(16-7-2-1-3-8-16)14-15-6-4-5-9-17(15)18-10-12-21-13-11-18/h4-6,9,14,16H,1-3,7-8,10-13H2/b19-14-. The first kappa shape index (κ1) is 14.4. The third-order valence-corrected chi connectivity index (χ3v) is 4.49. The Morgan fingerprint density at radius 1 is 1.10 bits per heavy atom. The van der Waals surface area contributed by atoms with Gasteiger partial charge in [0.05, 0.1) is 24.5 Å². The van der Waals surface area contributed by atoms with E-state index in [9.17, 15) is 5.21 Å².